The molecule has 0 fully saturated rings. The first-order chi connectivity index (χ1) is 6.92. The molecule has 0 aromatic heterocycles. The second-order valence-electron chi connectivity index (χ2n) is 3.51. The normalized spacial score (nSPS) is 11.5. The summed E-state index contributed by atoms with van der Waals surface area (Å²) in [5, 5.41) is 0. The molecule has 1 rings (SSSR count). The van der Waals surface area contributed by atoms with Crippen molar-refractivity contribution in [3.63, 3.8) is 0 Å². The van der Waals surface area contributed by atoms with E-state index in [4.69, 9.17) is 11.6 Å². The minimum atomic E-state index is -1.78. The van der Waals surface area contributed by atoms with E-state index in [-0.39, 0.29) is 24.1 Å². The molecule has 0 heterocycles. The van der Waals surface area contributed by atoms with Crippen molar-refractivity contribution in [1.29, 1.82) is 0 Å². The van der Waals surface area contributed by atoms with Crippen LogP contribution < -0.4 is 4.72 Å². The maximum atomic E-state index is 11.2. The molecule has 0 unspecified atom stereocenters. The van der Waals surface area contributed by atoms with Crippen molar-refractivity contribution in [2.45, 2.75) is 0 Å². The van der Waals surface area contributed by atoms with E-state index in [1.807, 2.05) is 0 Å². The lowest BCUT2D eigenvalue weighted by Gasteiger charge is -2.26. The van der Waals surface area contributed by atoms with Crippen molar-refractivity contribution >= 4 is 46.0 Å². The first kappa shape index (κ1) is 15.6. The SMILES string of the molecule is CS(C)(O)Nc1ccc(C(=O)CCl)cc1.Cl. The molecule has 0 saturated carbocycles. The van der Waals surface area contributed by atoms with E-state index in [0.29, 0.717) is 5.56 Å². The van der Waals surface area contributed by atoms with Gasteiger partial charge in [-0.15, -0.1) is 24.0 Å². The summed E-state index contributed by atoms with van der Waals surface area (Å²) >= 11 is 5.43. The zero-order valence-electron chi connectivity index (χ0n) is 9.07. The lowest BCUT2D eigenvalue weighted by atomic mass is 10.1. The number of hydrogen-bond donors (Lipinski definition) is 2. The van der Waals surface area contributed by atoms with Crippen molar-refractivity contribution in [1.82, 2.24) is 0 Å². The van der Waals surface area contributed by atoms with Crippen LogP contribution in [0.5, 0.6) is 0 Å². The fourth-order valence-electron chi connectivity index (χ4n) is 1.09. The maximum absolute atomic E-state index is 11.2. The standard InChI is InChI=1S/C10H14ClNO2S.ClH/c1-15(2,14)12-9-5-3-8(4-6-9)10(13)7-11;/h3-6,12,14H,7H2,1-2H3;1H. The van der Waals surface area contributed by atoms with Crippen LogP contribution in [-0.4, -0.2) is 28.7 Å². The largest absolute Gasteiger partial charge is 0.334 e. The molecule has 0 amide bonds. The summed E-state index contributed by atoms with van der Waals surface area (Å²) in [6.45, 7) is 0. The van der Waals surface area contributed by atoms with Crippen molar-refractivity contribution in [2.24, 2.45) is 0 Å². The number of alkyl halides is 1. The molecule has 3 nitrogen and oxygen atoms in total. The van der Waals surface area contributed by atoms with Crippen molar-refractivity contribution < 1.29 is 9.35 Å². The number of nitrogens with one attached hydrogen (secondary N) is 1. The Kier molecular flexibility index (Phi) is 6.18. The van der Waals surface area contributed by atoms with E-state index in [1.165, 1.54) is 0 Å². The van der Waals surface area contributed by atoms with Gasteiger partial charge in [0.2, 0.25) is 0 Å². The van der Waals surface area contributed by atoms with Gasteiger partial charge in [0.1, 0.15) is 0 Å². The number of hydrogen-bond acceptors (Lipinski definition) is 3. The Balaban J connectivity index is 0.00000225. The van der Waals surface area contributed by atoms with Gasteiger partial charge in [-0.05, 0) is 24.3 Å². The Morgan fingerprint density at radius 1 is 1.38 bits per heavy atom. The van der Waals surface area contributed by atoms with E-state index in [2.05, 4.69) is 4.72 Å². The van der Waals surface area contributed by atoms with Crippen molar-refractivity contribution in [3.8, 4) is 0 Å². The molecule has 0 spiro atoms. The summed E-state index contributed by atoms with van der Waals surface area (Å²) in [5.74, 6) is -0.109. The number of ketones is 1. The van der Waals surface area contributed by atoms with E-state index < -0.39 is 10.5 Å². The van der Waals surface area contributed by atoms with E-state index in [1.54, 1.807) is 36.8 Å². The van der Waals surface area contributed by atoms with Gasteiger partial charge in [0, 0.05) is 23.8 Å². The van der Waals surface area contributed by atoms with Gasteiger partial charge < -0.3 is 9.27 Å². The Morgan fingerprint density at radius 2 is 1.88 bits per heavy atom. The van der Waals surface area contributed by atoms with Gasteiger partial charge in [0.05, 0.1) is 5.88 Å². The van der Waals surface area contributed by atoms with Gasteiger partial charge in [-0.2, -0.15) is 0 Å². The van der Waals surface area contributed by atoms with Gasteiger partial charge in [-0.3, -0.25) is 4.79 Å². The third kappa shape index (κ3) is 5.07. The Labute approximate surface area is 108 Å². The Hall–Kier alpha value is -0.420. The van der Waals surface area contributed by atoms with Crippen LogP contribution in [0, 0.1) is 0 Å². The third-order valence-corrected chi connectivity index (χ3v) is 2.67. The predicted octanol–water partition coefficient (Wildman–Crippen LogP) is 3.39. The Morgan fingerprint density at radius 3 is 2.25 bits per heavy atom. The topological polar surface area (TPSA) is 49.3 Å². The van der Waals surface area contributed by atoms with Gasteiger partial charge >= 0.3 is 0 Å². The molecular formula is C10H15Cl2NO2S. The first-order valence-electron chi connectivity index (χ1n) is 4.35. The first-order valence-corrected chi connectivity index (χ1v) is 7.29. The summed E-state index contributed by atoms with van der Waals surface area (Å²) < 4.78 is 12.5. The molecule has 1 aromatic carbocycles. The molecule has 0 aliphatic carbocycles. The highest BCUT2D eigenvalue weighted by Crippen LogP contribution is 2.34. The zero-order valence-corrected chi connectivity index (χ0v) is 11.5. The highest BCUT2D eigenvalue weighted by atomic mass is 35.5. The molecular weight excluding hydrogens is 269 g/mol. The highest BCUT2D eigenvalue weighted by molar-refractivity contribution is 8.29. The zero-order chi connectivity index (χ0) is 11.5. The predicted molar refractivity (Wildman–Crippen MR) is 74.4 cm³/mol. The van der Waals surface area contributed by atoms with Crippen molar-refractivity contribution in [3.05, 3.63) is 29.8 Å². The number of carbonyl (C=O) groups is 1. The smallest absolute Gasteiger partial charge is 0.177 e. The van der Waals surface area contributed by atoms with Crippen LogP contribution in [0.2, 0.25) is 0 Å². The van der Waals surface area contributed by atoms with Crippen LogP contribution in [0.25, 0.3) is 0 Å². The van der Waals surface area contributed by atoms with Crippen molar-refractivity contribution in [2.75, 3.05) is 23.1 Å². The summed E-state index contributed by atoms with van der Waals surface area (Å²) in [6, 6.07) is 6.89. The summed E-state index contributed by atoms with van der Waals surface area (Å²) in [6.07, 6.45) is 3.45. The van der Waals surface area contributed by atoms with E-state index in [0.717, 1.165) is 5.69 Å². The molecule has 0 radical (unpaired) electrons. The lowest BCUT2D eigenvalue weighted by Crippen LogP contribution is -2.06. The number of Topliss-reactive ketones (excluding diaryl/α,β-unsaturated/α-hetero) is 1. The average Bonchev–Trinajstić information content (AvgIpc) is 2.15. The molecule has 0 atom stereocenters. The van der Waals surface area contributed by atoms with Gasteiger partial charge in [0.15, 0.2) is 5.78 Å². The molecule has 16 heavy (non-hydrogen) atoms. The molecule has 0 bridgehead atoms. The molecule has 0 aliphatic rings. The fraction of sp³-hybridized carbons (Fsp3) is 0.300. The number of benzene rings is 1. The number of rotatable bonds is 4. The van der Waals surface area contributed by atoms with E-state index >= 15 is 0 Å². The summed E-state index contributed by atoms with van der Waals surface area (Å²) in [5.41, 5.74) is 1.38. The second kappa shape index (κ2) is 6.35. The fourth-order valence-corrected chi connectivity index (χ4v) is 1.96. The lowest BCUT2D eigenvalue weighted by molar-refractivity contribution is 0.102. The number of carbonyl (C=O) groups excluding carboxylic acids is 1. The van der Waals surface area contributed by atoms with E-state index in [9.17, 15) is 9.35 Å². The molecule has 2 N–H and O–H groups in total. The van der Waals surface area contributed by atoms with Crippen LogP contribution in [-0.2, 0) is 0 Å². The van der Waals surface area contributed by atoms with Gasteiger partial charge in [0.25, 0.3) is 0 Å². The van der Waals surface area contributed by atoms with Gasteiger partial charge in [-0.25, -0.2) is 0 Å². The molecule has 0 aliphatic heterocycles. The van der Waals surface area contributed by atoms with Crippen LogP contribution in [0.4, 0.5) is 5.69 Å². The number of anilines is 1. The maximum Gasteiger partial charge on any atom is 0.177 e. The Bertz CT molecular complexity index is 349. The molecule has 0 saturated heterocycles. The minimum Gasteiger partial charge on any atom is -0.334 e. The monoisotopic (exact) mass is 283 g/mol. The van der Waals surface area contributed by atoms with Crippen LogP contribution in [0.3, 0.4) is 0 Å². The molecule has 1 aromatic rings. The van der Waals surface area contributed by atoms with Crippen LogP contribution in [0.1, 0.15) is 10.4 Å². The highest BCUT2D eigenvalue weighted by Gasteiger charge is 2.07. The average molecular weight is 284 g/mol. The minimum absolute atomic E-state index is 0. The molecule has 92 valence electrons. The summed E-state index contributed by atoms with van der Waals surface area (Å²) in [4.78, 5) is 11.2. The quantitative estimate of drug-likeness (QED) is 0.658. The van der Waals surface area contributed by atoms with Crippen LogP contribution in [0.15, 0.2) is 24.3 Å². The second-order valence-corrected chi connectivity index (χ2v) is 6.53. The van der Waals surface area contributed by atoms with Gasteiger partial charge in [-0.1, -0.05) is 10.5 Å². The molecule has 6 heteroatoms. The summed E-state index contributed by atoms with van der Waals surface area (Å²) in [7, 11) is -1.78. The number of halogens is 2. The van der Waals surface area contributed by atoms with Crippen LogP contribution >= 0.6 is 34.5 Å². The third-order valence-electron chi connectivity index (χ3n) is 1.70.